The standard InChI is InChI=1S/C12H18N4O4/c1-8(2)12(3,7-13)14-10-5-4-9(15(17)18)6-11(10)16(19)20/h4-6,8,14H,7,13H2,1-3H3. The highest BCUT2D eigenvalue weighted by atomic mass is 16.6. The molecule has 0 spiro atoms. The molecule has 0 aliphatic carbocycles. The number of nitro groups is 2. The van der Waals surface area contributed by atoms with E-state index in [1.54, 1.807) is 0 Å². The molecule has 0 saturated carbocycles. The van der Waals surface area contributed by atoms with E-state index in [2.05, 4.69) is 5.32 Å². The molecule has 0 radical (unpaired) electrons. The highest BCUT2D eigenvalue weighted by Gasteiger charge is 2.30. The van der Waals surface area contributed by atoms with Gasteiger partial charge in [0.1, 0.15) is 5.69 Å². The molecule has 0 aromatic heterocycles. The van der Waals surface area contributed by atoms with Crippen molar-refractivity contribution in [3.63, 3.8) is 0 Å². The zero-order chi connectivity index (χ0) is 15.5. The summed E-state index contributed by atoms with van der Waals surface area (Å²) in [6, 6.07) is 3.51. The van der Waals surface area contributed by atoms with E-state index < -0.39 is 15.4 Å². The lowest BCUT2D eigenvalue weighted by Gasteiger charge is -2.34. The van der Waals surface area contributed by atoms with Crippen LogP contribution in [0.15, 0.2) is 18.2 Å². The Morgan fingerprint density at radius 2 is 1.90 bits per heavy atom. The first-order valence-electron chi connectivity index (χ1n) is 6.12. The largest absolute Gasteiger partial charge is 0.373 e. The van der Waals surface area contributed by atoms with Crippen LogP contribution in [0.5, 0.6) is 0 Å². The fourth-order valence-corrected chi connectivity index (χ4v) is 1.63. The fraction of sp³-hybridized carbons (Fsp3) is 0.500. The van der Waals surface area contributed by atoms with Crippen LogP contribution >= 0.6 is 0 Å². The molecule has 1 atom stereocenters. The van der Waals surface area contributed by atoms with Crippen LogP contribution in [0.25, 0.3) is 0 Å². The van der Waals surface area contributed by atoms with Gasteiger partial charge >= 0.3 is 0 Å². The molecule has 0 fully saturated rings. The molecule has 110 valence electrons. The Hall–Kier alpha value is -2.22. The summed E-state index contributed by atoms with van der Waals surface area (Å²) in [5, 5.41) is 24.8. The van der Waals surface area contributed by atoms with Crippen molar-refractivity contribution in [2.24, 2.45) is 11.7 Å². The first-order chi connectivity index (χ1) is 9.21. The van der Waals surface area contributed by atoms with Gasteiger partial charge in [0, 0.05) is 18.2 Å². The van der Waals surface area contributed by atoms with Crippen molar-refractivity contribution in [2.45, 2.75) is 26.3 Å². The lowest BCUT2D eigenvalue weighted by Crippen LogP contribution is -2.47. The van der Waals surface area contributed by atoms with Gasteiger partial charge in [0.05, 0.1) is 15.9 Å². The van der Waals surface area contributed by atoms with Gasteiger partial charge in [0.25, 0.3) is 11.4 Å². The van der Waals surface area contributed by atoms with Crippen molar-refractivity contribution in [3.8, 4) is 0 Å². The average Bonchev–Trinajstić information content (AvgIpc) is 2.38. The zero-order valence-electron chi connectivity index (χ0n) is 11.6. The van der Waals surface area contributed by atoms with Crippen molar-refractivity contribution in [1.29, 1.82) is 0 Å². The van der Waals surface area contributed by atoms with E-state index in [9.17, 15) is 20.2 Å². The molecule has 0 bridgehead atoms. The number of anilines is 1. The van der Waals surface area contributed by atoms with Crippen LogP contribution in [-0.4, -0.2) is 21.9 Å². The molecular formula is C12H18N4O4. The van der Waals surface area contributed by atoms with E-state index >= 15 is 0 Å². The molecule has 1 rings (SSSR count). The predicted octanol–water partition coefficient (Wildman–Crippen LogP) is 2.29. The van der Waals surface area contributed by atoms with Gasteiger partial charge in [-0.25, -0.2) is 0 Å². The van der Waals surface area contributed by atoms with E-state index in [0.717, 1.165) is 6.07 Å². The second-order valence-electron chi connectivity index (χ2n) is 5.12. The molecule has 1 unspecified atom stereocenters. The lowest BCUT2D eigenvalue weighted by molar-refractivity contribution is -0.393. The number of rotatable bonds is 6. The fourth-order valence-electron chi connectivity index (χ4n) is 1.63. The minimum absolute atomic E-state index is 0.127. The number of nitro benzene ring substituents is 2. The molecule has 1 aromatic rings. The monoisotopic (exact) mass is 282 g/mol. The predicted molar refractivity (Wildman–Crippen MR) is 75.7 cm³/mol. The van der Waals surface area contributed by atoms with Crippen LogP contribution in [0.4, 0.5) is 17.1 Å². The summed E-state index contributed by atoms with van der Waals surface area (Å²) in [5.41, 5.74) is 4.75. The normalized spacial score (nSPS) is 13.8. The Kier molecular flexibility index (Phi) is 4.61. The Bertz CT molecular complexity index is 532. The van der Waals surface area contributed by atoms with Crippen LogP contribution in [0.3, 0.4) is 0 Å². The number of nitrogens with one attached hydrogen (secondary N) is 1. The lowest BCUT2D eigenvalue weighted by atomic mass is 9.88. The zero-order valence-corrected chi connectivity index (χ0v) is 11.6. The van der Waals surface area contributed by atoms with Crippen molar-refractivity contribution in [1.82, 2.24) is 0 Å². The van der Waals surface area contributed by atoms with Crippen molar-refractivity contribution < 1.29 is 9.85 Å². The smallest absolute Gasteiger partial charge is 0.299 e. The third kappa shape index (κ3) is 3.21. The van der Waals surface area contributed by atoms with E-state index in [-0.39, 0.29) is 29.5 Å². The Morgan fingerprint density at radius 3 is 2.30 bits per heavy atom. The molecule has 8 heteroatoms. The second-order valence-corrected chi connectivity index (χ2v) is 5.12. The Labute approximate surface area is 116 Å². The van der Waals surface area contributed by atoms with Gasteiger partial charge in [0.2, 0.25) is 0 Å². The molecular weight excluding hydrogens is 264 g/mol. The minimum atomic E-state index is -0.665. The molecule has 0 saturated heterocycles. The first kappa shape index (κ1) is 15.8. The number of hydrogen-bond acceptors (Lipinski definition) is 6. The molecule has 0 aliphatic rings. The Morgan fingerprint density at radius 1 is 1.30 bits per heavy atom. The highest BCUT2D eigenvalue weighted by Crippen LogP contribution is 2.32. The van der Waals surface area contributed by atoms with Crippen LogP contribution in [0.2, 0.25) is 0 Å². The van der Waals surface area contributed by atoms with Gasteiger partial charge in [0.15, 0.2) is 0 Å². The molecule has 0 amide bonds. The quantitative estimate of drug-likeness (QED) is 0.609. The summed E-state index contributed by atoms with van der Waals surface area (Å²) in [6.07, 6.45) is 0. The number of hydrogen-bond donors (Lipinski definition) is 2. The topological polar surface area (TPSA) is 124 Å². The van der Waals surface area contributed by atoms with Crippen LogP contribution in [0, 0.1) is 26.1 Å². The van der Waals surface area contributed by atoms with Crippen LogP contribution in [-0.2, 0) is 0 Å². The summed E-state index contributed by atoms with van der Waals surface area (Å²) in [6.45, 7) is 6.01. The average molecular weight is 282 g/mol. The molecule has 8 nitrogen and oxygen atoms in total. The molecule has 0 heterocycles. The van der Waals surface area contributed by atoms with Gasteiger partial charge in [-0.1, -0.05) is 13.8 Å². The van der Waals surface area contributed by atoms with Gasteiger partial charge in [-0.05, 0) is 18.9 Å². The molecule has 1 aromatic carbocycles. The van der Waals surface area contributed by atoms with Gasteiger partial charge in [-0.15, -0.1) is 0 Å². The van der Waals surface area contributed by atoms with E-state index in [4.69, 9.17) is 5.73 Å². The van der Waals surface area contributed by atoms with Crippen molar-refractivity contribution in [2.75, 3.05) is 11.9 Å². The minimum Gasteiger partial charge on any atom is -0.373 e. The summed E-state index contributed by atoms with van der Waals surface area (Å²) >= 11 is 0. The third-order valence-electron chi connectivity index (χ3n) is 3.51. The summed E-state index contributed by atoms with van der Waals surface area (Å²) < 4.78 is 0. The molecule has 0 aliphatic heterocycles. The second kappa shape index (κ2) is 5.83. The third-order valence-corrected chi connectivity index (χ3v) is 3.51. The summed E-state index contributed by atoms with van der Waals surface area (Å²) in [4.78, 5) is 20.4. The van der Waals surface area contributed by atoms with E-state index in [1.165, 1.54) is 12.1 Å². The summed E-state index contributed by atoms with van der Waals surface area (Å²) in [7, 11) is 0. The molecule has 3 N–H and O–H groups in total. The summed E-state index contributed by atoms with van der Waals surface area (Å²) in [5.74, 6) is 0.127. The highest BCUT2D eigenvalue weighted by molar-refractivity contribution is 5.66. The number of benzene rings is 1. The number of non-ortho nitro benzene ring substituents is 1. The number of nitrogens with zero attached hydrogens (tertiary/aromatic N) is 2. The van der Waals surface area contributed by atoms with Crippen LogP contribution < -0.4 is 11.1 Å². The van der Waals surface area contributed by atoms with Crippen molar-refractivity contribution >= 4 is 17.1 Å². The van der Waals surface area contributed by atoms with Crippen molar-refractivity contribution in [3.05, 3.63) is 38.4 Å². The SMILES string of the molecule is CC(C)C(C)(CN)Nc1ccc([N+](=O)[O-])cc1[N+](=O)[O-]. The maximum Gasteiger partial charge on any atom is 0.299 e. The van der Waals surface area contributed by atoms with E-state index in [1.807, 2.05) is 20.8 Å². The first-order valence-corrected chi connectivity index (χ1v) is 6.12. The number of nitrogens with two attached hydrogens (primary N) is 1. The maximum absolute atomic E-state index is 11.1. The van der Waals surface area contributed by atoms with Crippen LogP contribution in [0.1, 0.15) is 20.8 Å². The Balaban J connectivity index is 3.25. The van der Waals surface area contributed by atoms with Gasteiger partial charge < -0.3 is 11.1 Å². The van der Waals surface area contributed by atoms with Gasteiger partial charge in [-0.2, -0.15) is 0 Å². The van der Waals surface area contributed by atoms with E-state index in [0.29, 0.717) is 0 Å². The van der Waals surface area contributed by atoms with Gasteiger partial charge in [-0.3, -0.25) is 20.2 Å². The maximum atomic E-state index is 11.1. The molecule has 20 heavy (non-hydrogen) atoms.